The normalized spacial score (nSPS) is 25.9. The van der Waals surface area contributed by atoms with Gasteiger partial charge in [0.25, 0.3) is 0 Å². The molecule has 1 atom stereocenters. The van der Waals surface area contributed by atoms with Gasteiger partial charge in [0.15, 0.2) is 0 Å². The number of thioether (sulfide) groups is 1. The summed E-state index contributed by atoms with van der Waals surface area (Å²) < 4.78 is 0.435. The standard InChI is InChI=1S/C9H19NS/c1-9(2,3)11-7-8-5-4-6-10-8/h8,10H,4-7H2,1-3H3/t8-/m1/s1. The minimum absolute atomic E-state index is 0.435. The van der Waals surface area contributed by atoms with Crippen LogP contribution in [0, 0.1) is 0 Å². The monoisotopic (exact) mass is 173 g/mol. The third kappa shape index (κ3) is 4.02. The van der Waals surface area contributed by atoms with E-state index in [1.807, 2.05) is 0 Å². The Morgan fingerprint density at radius 2 is 2.18 bits per heavy atom. The molecule has 1 fully saturated rings. The Hall–Kier alpha value is 0.310. The topological polar surface area (TPSA) is 12.0 Å². The van der Waals surface area contributed by atoms with Gasteiger partial charge in [-0.05, 0) is 19.4 Å². The first-order valence-electron chi connectivity index (χ1n) is 4.45. The Kier molecular flexibility index (Phi) is 3.26. The van der Waals surface area contributed by atoms with Gasteiger partial charge in [-0.2, -0.15) is 11.8 Å². The molecule has 1 N–H and O–H groups in total. The van der Waals surface area contributed by atoms with Crippen LogP contribution in [0.1, 0.15) is 33.6 Å². The summed E-state index contributed by atoms with van der Waals surface area (Å²) in [6, 6.07) is 0.791. The van der Waals surface area contributed by atoms with Gasteiger partial charge in [0.2, 0.25) is 0 Å². The van der Waals surface area contributed by atoms with Gasteiger partial charge in [0, 0.05) is 16.5 Å². The van der Waals surface area contributed by atoms with Gasteiger partial charge >= 0.3 is 0 Å². The molecule has 2 heteroatoms. The maximum Gasteiger partial charge on any atom is 0.0158 e. The van der Waals surface area contributed by atoms with E-state index in [0.29, 0.717) is 4.75 Å². The molecule has 0 radical (unpaired) electrons. The molecule has 0 aromatic heterocycles. The van der Waals surface area contributed by atoms with Crippen molar-refractivity contribution < 1.29 is 0 Å². The van der Waals surface area contributed by atoms with Crippen molar-refractivity contribution in [3.63, 3.8) is 0 Å². The molecular weight excluding hydrogens is 154 g/mol. The molecule has 0 unspecified atom stereocenters. The van der Waals surface area contributed by atoms with Crippen molar-refractivity contribution in [2.45, 2.75) is 44.4 Å². The lowest BCUT2D eigenvalue weighted by Crippen LogP contribution is -2.26. The summed E-state index contributed by atoms with van der Waals surface area (Å²) in [6.07, 6.45) is 2.75. The summed E-state index contributed by atoms with van der Waals surface area (Å²) in [6.45, 7) is 8.08. The van der Waals surface area contributed by atoms with E-state index in [0.717, 1.165) is 6.04 Å². The third-order valence-electron chi connectivity index (χ3n) is 1.88. The summed E-state index contributed by atoms with van der Waals surface area (Å²) >= 11 is 2.07. The SMILES string of the molecule is CC(C)(C)SC[C@H]1CCCN1. The highest BCUT2D eigenvalue weighted by atomic mass is 32.2. The fourth-order valence-electron chi connectivity index (χ4n) is 1.25. The second-order valence-electron chi connectivity index (χ2n) is 4.22. The van der Waals surface area contributed by atoms with Crippen molar-refractivity contribution in [2.24, 2.45) is 0 Å². The number of rotatable bonds is 2. The minimum Gasteiger partial charge on any atom is -0.313 e. The van der Waals surface area contributed by atoms with Crippen LogP contribution in [0.15, 0.2) is 0 Å². The predicted molar refractivity (Wildman–Crippen MR) is 53.2 cm³/mol. The molecule has 0 aromatic rings. The second-order valence-corrected chi connectivity index (χ2v) is 6.06. The molecule has 0 saturated carbocycles. The van der Waals surface area contributed by atoms with E-state index in [1.54, 1.807) is 0 Å². The quantitative estimate of drug-likeness (QED) is 0.687. The molecule has 1 nitrogen and oxygen atoms in total. The van der Waals surface area contributed by atoms with E-state index < -0.39 is 0 Å². The van der Waals surface area contributed by atoms with Crippen molar-refractivity contribution in [3.05, 3.63) is 0 Å². The summed E-state index contributed by atoms with van der Waals surface area (Å²) in [4.78, 5) is 0. The van der Waals surface area contributed by atoms with Crippen molar-refractivity contribution in [1.82, 2.24) is 5.32 Å². The van der Waals surface area contributed by atoms with Crippen LogP contribution in [0.2, 0.25) is 0 Å². The van der Waals surface area contributed by atoms with Gasteiger partial charge in [-0.15, -0.1) is 0 Å². The summed E-state index contributed by atoms with van der Waals surface area (Å²) in [5, 5.41) is 3.51. The lowest BCUT2D eigenvalue weighted by atomic mass is 10.2. The number of hydrogen-bond donors (Lipinski definition) is 1. The van der Waals surface area contributed by atoms with Crippen molar-refractivity contribution in [1.29, 1.82) is 0 Å². The predicted octanol–water partition coefficient (Wildman–Crippen LogP) is 2.27. The highest BCUT2D eigenvalue weighted by molar-refractivity contribution is 8.00. The first-order chi connectivity index (χ1) is 5.08. The molecule has 11 heavy (non-hydrogen) atoms. The Balaban J connectivity index is 2.11. The molecule has 1 aliphatic heterocycles. The molecule has 0 aromatic carbocycles. The zero-order chi connectivity index (χ0) is 8.32. The van der Waals surface area contributed by atoms with Crippen LogP contribution < -0.4 is 5.32 Å². The van der Waals surface area contributed by atoms with E-state index in [9.17, 15) is 0 Å². The lowest BCUT2D eigenvalue weighted by molar-refractivity contribution is 0.668. The van der Waals surface area contributed by atoms with Crippen LogP contribution in [-0.2, 0) is 0 Å². The lowest BCUT2D eigenvalue weighted by Gasteiger charge is -2.20. The molecule has 1 rings (SSSR count). The first-order valence-corrected chi connectivity index (χ1v) is 5.44. The number of nitrogens with one attached hydrogen (secondary N) is 1. The van der Waals surface area contributed by atoms with E-state index in [2.05, 4.69) is 37.8 Å². The van der Waals surface area contributed by atoms with Gasteiger partial charge in [-0.1, -0.05) is 20.8 Å². The van der Waals surface area contributed by atoms with Crippen LogP contribution in [0.4, 0.5) is 0 Å². The molecule has 0 spiro atoms. The van der Waals surface area contributed by atoms with Crippen LogP contribution in [-0.4, -0.2) is 23.1 Å². The second kappa shape index (κ2) is 3.81. The summed E-state index contributed by atoms with van der Waals surface area (Å²) in [7, 11) is 0. The molecule has 0 bridgehead atoms. The largest absolute Gasteiger partial charge is 0.313 e. The van der Waals surface area contributed by atoms with Gasteiger partial charge in [-0.25, -0.2) is 0 Å². The highest BCUT2D eigenvalue weighted by Crippen LogP contribution is 2.25. The molecule has 66 valence electrons. The average molecular weight is 173 g/mol. The Labute approximate surface area is 74.3 Å². The Bertz CT molecular complexity index is 111. The molecule has 0 amide bonds. The molecule has 1 saturated heterocycles. The third-order valence-corrected chi connectivity index (χ3v) is 3.31. The Morgan fingerprint density at radius 1 is 1.45 bits per heavy atom. The van der Waals surface area contributed by atoms with Crippen LogP contribution >= 0.6 is 11.8 Å². The zero-order valence-corrected chi connectivity index (χ0v) is 8.63. The minimum atomic E-state index is 0.435. The van der Waals surface area contributed by atoms with Gasteiger partial charge in [0.05, 0.1) is 0 Å². The summed E-state index contributed by atoms with van der Waals surface area (Å²) in [5.41, 5.74) is 0. The van der Waals surface area contributed by atoms with Crippen molar-refractivity contribution >= 4 is 11.8 Å². The van der Waals surface area contributed by atoms with Gasteiger partial charge < -0.3 is 5.32 Å². The first kappa shape index (κ1) is 9.40. The van der Waals surface area contributed by atoms with E-state index in [4.69, 9.17) is 0 Å². The maximum atomic E-state index is 3.51. The van der Waals surface area contributed by atoms with Crippen LogP contribution in [0.25, 0.3) is 0 Å². The van der Waals surface area contributed by atoms with E-state index in [-0.39, 0.29) is 0 Å². The van der Waals surface area contributed by atoms with Gasteiger partial charge in [0.1, 0.15) is 0 Å². The number of hydrogen-bond acceptors (Lipinski definition) is 2. The molecule has 1 aliphatic rings. The summed E-state index contributed by atoms with van der Waals surface area (Å²) in [5.74, 6) is 1.28. The molecular formula is C9H19NS. The molecule has 1 heterocycles. The average Bonchev–Trinajstić information content (AvgIpc) is 2.32. The zero-order valence-electron chi connectivity index (χ0n) is 7.81. The van der Waals surface area contributed by atoms with Crippen LogP contribution in [0.3, 0.4) is 0 Å². The molecule has 0 aliphatic carbocycles. The van der Waals surface area contributed by atoms with Crippen LogP contribution in [0.5, 0.6) is 0 Å². The fraction of sp³-hybridized carbons (Fsp3) is 1.00. The van der Waals surface area contributed by atoms with E-state index in [1.165, 1.54) is 25.1 Å². The van der Waals surface area contributed by atoms with Crippen molar-refractivity contribution in [2.75, 3.05) is 12.3 Å². The highest BCUT2D eigenvalue weighted by Gasteiger charge is 2.17. The van der Waals surface area contributed by atoms with Crippen molar-refractivity contribution in [3.8, 4) is 0 Å². The fourth-order valence-corrected chi connectivity index (χ4v) is 2.24. The maximum absolute atomic E-state index is 3.51. The smallest absolute Gasteiger partial charge is 0.0158 e. The van der Waals surface area contributed by atoms with E-state index >= 15 is 0 Å². The van der Waals surface area contributed by atoms with Gasteiger partial charge in [-0.3, -0.25) is 0 Å². The Morgan fingerprint density at radius 3 is 2.64 bits per heavy atom.